The number of hydrogen-bond donors (Lipinski definition) is 0. The van der Waals surface area contributed by atoms with Crippen molar-refractivity contribution >= 4 is 5.78 Å². The van der Waals surface area contributed by atoms with Gasteiger partial charge >= 0.3 is 0 Å². The molecule has 0 N–H and O–H groups in total. The lowest BCUT2D eigenvalue weighted by Crippen LogP contribution is -2.23. The van der Waals surface area contributed by atoms with Crippen molar-refractivity contribution in [1.29, 1.82) is 0 Å². The van der Waals surface area contributed by atoms with Gasteiger partial charge in [0.05, 0.1) is 6.61 Å². The smallest absolute Gasteiger partial charge is 0.159 e. The average molecular weight is 168 g/mol. The molecule has 1 aliphatic carbocycles. The minimum Gasteiger partial charge on any atom is -0.498 e. The largest absolute Gasteiger partial charge is 0.498 e. The van der Waals surface area contributed by atoms with Crippen LogP contribution in [0.5, 0.6) is 0 Å². The van der Waals surface area contributed by atoms with Crippen molar-refractivity contribution in [1.82, 2.24) is 0 Å². The quantitative estimate of drug-likeness (QED) is 0.632. The van der Waals surface area contributed by atoms with E-state index in [4.69, 9.17) is 4.74 Å². The lowest BCUT2D eigenvalue weighted by molar-refractivity contribution is -0.116. The Hall–Kier alpha value is -0.790. The van der Waals surface area contributed by atoms with Crippen molar-refractivity contribution in [3.63, 3.8) is 0 Å². The maximum absolute atomic E-state index is 11.1. The topological polar surface area (TPSA) is 26.3 Å². The maximum Gasteiger partial charge on any atom is 0.159 e. The molecule has 0 unspecified atom stereocenters. The van der Waals surface area contributed by atoms with Gasteiger partial charge in [0, 0.05) is 17.9 Å². The Balaban J connectivity index is 2.81. The predicted molar refractivity (Wildman–Crippen MR) is 47.7 cm³/mol. The highest BCUT2D eigenvalue weighted by molar-refractivity contribution is 5.91. The molecular formula is C10H16O2. The highest BCUT2D eigenvalue weighted by atomic mass is 16.5. The van der Waals surface area contributed by atoms with Gasteiger partial charge in [-0.25, -0.2) is 0 Å². The van der Waals surface area contributed by atoms with Gasteiger partial charge in [-0.3, -0.25) is 4.79 Å². The third-order valence-corrected chi connectivity index (χ3v) is 2.26. The SMILES string of the molecule is CCOC1=CC(=O)CCC1(C)C. The maximum atomic E-state index is 11.1. The molecule has 0 fully saturated rings. The number of allylic oxidation sites excluding steroid dienone is 2. The molecule has 0 aliphatic heterocycles. The summed E-state index contributed by atoms with van der Waals surface area (Å²) in [5.74, 6) is 1.04. The normalized spacial score (nSPS) is 21.9. The molecule has 1 aliphatic rings. The summed E-state index contributed by atoms with van der Waals surface area (Å²) in [6, 6.07) is 0. The second-order valence-electron chi connectivity index (χ2n) is 3.79. The van der Waals surface area contributed by atoms with Crippen LogP contribution >= 0.6 is 0 Å². The molecule has 0 amide bonds. The zero-order valence-electron chi connectivity index (χ0n) is 8.02. The van der Waals surface area contributed by atoms with Crippen molar-refractivity contribution in [2.75, 3.05) is 6.61 Å². The van der Waals surface area contributed by atoms with Gasteiger partial charge < -0.3 is 4.74 Å². The number of hydrogen-bond acceptors (Lipinski definition) is 2. The van der Waals surface area contributed by atoms with Crippen LogP contribution in [0.4, 0.5) is 0 Å². The first kappa shape index (κ1) is 9.30. The number of rotatable bonds is 2. The van der Waals surface area contributed by atoms with E-state index in [9.17, 15) is 4.79 Å². The summed E-state index contributed by atoms with van der Waals surface area (Å²) >= 11 is 0. The van der Waals surface area contributed by atoms with E-state index in [-0.39, 0.29) is 11.2 Å². The van der Waals surface area contributed by atoms with Crippen LogP contribution in [-0.4, -0.2) is 12.4 Å². The number of ether oxygens (including phenoxy) is 1. The second kappa shape index (κ2) is 3.30. The minimum absolute atomic E-state index is 0.0456. The van der Waals surface area contributed by atoms with Gasteiger partial charge in [-0.05, 0) is 13.3 Å². The summed E-state index contributed by atoms with van der Waals surface area (Å²) in [6.07, 6.45) is 3.20. The lowest BCUT2D eigenvalue weighted by atomic mass is 9.80. The Morgan fingerprint density at radius 3 is 2.83 bits per heavy atom. The Morgan fingerprint density at radius 2 is 2.25 bits per heavy atom. The molecule has 0 atom stereocenters. The van der Waals surface area contributed by atoms with Crippen LogP contribution in [-0.2, 0) is 9.53 Å². The van der Waals surface area contributed by atoms with Gasteiger partial charge in [0.1, 0.15) is 5.76 Å². The van der Waals surface area contributed by atoms with Crippen LogP contribution in [0.2, 0.25) is 0 Å². The molecule has 0 aromatic carbocycles. The van der Waals surface area contributed by atoms with Gasteiger partial charge in [-0.15, -0.1) is 0 Å². The molecule has 0 bridgehead atoms. The zero-order valence-corrected chi connectivity index (χ0v) is 8.02. The van der Waals surface area contributed by atoms with E-state index in [1.54, 1.807) is 6.08 Å². The van der Waals surface area contributed by atoms with Crippen molar-refractivity contribution in [3.8, 4) is 0 Å². The molecule has 0 aromatic rings. The number of carbonyl (C=O) groups is 1. The summed E-state index contributed by atoms with van der Waals surface area (Å²) in [5.41, 5.74) is 0.0456. The van der Waals surface area contributed by atoms with Crippen LogP contribution < -0.4 is 0 Å². The molecule has 0 spiro atoms. The summed E-state index contributed by atoms with van der Waals surface area (Å²) in [6.45, 7) is 6.81. The monoisotopic (exact) mass is 168 g/mol. The second-order valence-corrected chi connectivity index (χ2v) is 3.79. The van der Waals surface area contributed by atoms with E-state index in [0.717, 1.165) is 12.2 Å². The molecule has 0 radical (unpaired) electrons. The molecule has 0 aromatic heterocycles. The number of ketones is 1. The Kier molecular flexibility index (Phi) is 2.55. The van der Waals surface area contributed by atoms with Crippen LogP contribution in [0.25, 0.3) is 0 Å². The average Bonchev–Trinajstić information content (AvgIpc) is 1.98. The first-order chi connectivity index (χ1) is 5.56. The third-order valence-electron chi connectivity index (χ3n) is 2.26. The minimum atomic E-state index is 0.0456. The predicted octanol–water partition coefficient (Wildman–Crippen LogP) is 2.30. The molecule has 68 valence electrons. The fourth-order valence-corrected chi connectivity index (χ4v) is 1.37. The first-order valence-corrected chi connectivity index (χ1v) is 4.44. The molecule has 2 heteroatoms. The molecule has 0 saturated heterocycles. The fraction of sp³-hybridized carbons (Fsp3) is 0.700. The summed E-state index contributed by atoms with van der Waals surface area (Å²) in [4.78, 5) is 11.1. The van der Waals surface area contributed by atoms with E-state index in [1.165, 1.54) is 0 Å². The van der Waals surface area contributed by atoms with Crippen LogP contribution in [0.15, 0.2) is 11.8 Å². The molecule has 1 rings (SSSR count). The van der Waals surface area contributed by atoms with Gasteiger partial charge in [0.2, 0.25) is 0 Å². The van der Waals surface area contributed by atoms with Gasteiger partial charge in [-0.2, -0.15) is 0 Å². The van der Waals surface area contributed by atoms with E-state index < -0.39 is 0 Å². The van der Waals surface area contributed by atoms with Gasteiger partial charge in [0.25, 0.3) is 0 Å². The van der Waals surface area contributed by atoms with Crippen LogP contribution in [0.3, 0.4) is 0 Å². The zero-order chi connectivity index (χ0) is 9.19. The van der Waals surface area contributed by atoms with Gasteiger partial charge in [-0.1, -0.05) is 13.8 Å². The Morgan fingerprint density at radius 1 is 1.58 bits per heavy atom. The molecule has 0 saturated carbocycles. The van der Waals surface area contributed by atoms with E-state index in [0.29, 0.717) is 13.0 Å². The van der Waals surface area contributed by atoms with Crippen molar-refractivity contribution in [3.05, 3.63) is 11.8 Å². The third kappa shape index (κ3) is 1.87. The van der Waals surface area contributed by atoms with Crippen molar-refractivity contribution < 1.29 is 9.53 Å². The summed E-state index contributed by atoms with van der Waals surface area (Å²) < 4.78 is 5.41. The lowest BCUT2D eigenvalue weighted by Gasteiger charge is -2.30. The summed E-state index contributed by atoms with van der Waals surface area (Å²) in [7, 11) is 0. The summed E-state index contributed by atoms with van der Waals surface area (Å²) in [5, 5.41) is 0. The fourth-order valence-electron chi connectivity index (χ4n) is 1.37. The van der Waals surface area contributed by atoms with Crippen molar-refractivity contribution in [2.45, 2.75) is 33.6 Å². The molecule has 2 nitrogen and oxygen atoms in total. The van der Waals surface area contributed by atoms with Crippen molar-refractivity contribution in [2.24, 2.45) is 5.41 Å². The molecular weight excluding hydrogens is 152 g/mol. The van der Waals surface area contributed by atoms with E-state index in [2.05, 4.69) is 13.8 Å². The van der Waals surface area contributed by atoms with E-state index in [1.807, 2.05) is 6.92 Å². The standard InChI is InChI=1S/C10H16O2/c1-4-12-9-7-8(11)5-6-10(9,2)3/h7H,4-6H2,1-3H3. The highest BCUT2D eigenvalue weighted by Crippen LogP contribution is 2.35. The van der Waals surface area contributed by atoms with E-state index >= 15 is 0 Å². The number of carbonyl (C=O) groups excluding carboxylic acids is 1. The van der Waals surface area contributed by atoms with Gasteiger partial charge in [0.15, 0.2) is 5.78 Å². The first-order valence-electron chi connectivity index (χ1n) is 4.44. The van der Waals surface area contributed by atoms with Crippen LogP contribution in [0, 0.1) is 5.41 Å². The van der Waals surface area contributed by atoms with Crippen LogP contribution in [0.1, 0.15) is 33.6 Å². The Bertz CT molecular complexity index is 214. The highest BCUT2D eigenvalue weighted by Gasteiger charge is 2.29. The Labute approximate surface area is 73.6 Å². The molecule has 12 heavy (non-hydrogen) atoms. The molecule has 0 heterocycles.